The van der Waals surface area contributed by atoms with E-state index < -0.39 is 5.41 Å². The molecule has 4 rings (SSSR count). The Balaban J connectivity index is 1.52. The summed E-state index contributed by atoms with van der Waals surface area (Å²) in [5.74, 6) is 0.0974. The van der Waals surface area contributed by atoms with Crippen molar-refractivity contribution in [3.8, 4) is 5.69 Å². The van der Waals surface area contributed by atoms with Crippen LogP contribution in [0.1, 0.15) is 49.8 Å². The Kier molecular flexibility index (Phi) is 5.18. The molecule has 0 radical (unpaired) electrons. The van der Waals surface area contributed by atoms with E-state index in [0.717, 1.165) is 42.5 Å². The summed E-state index contributed by atoms with van der Waals surface area (Å²) in [7, 11) is 0. The van der Waals surface area contributed by atoms with E-state index in [0.29, 0.717) is 5.02 Å². The summed E-state index contributed by atoms with van der Waals surface area (Å²) in [5, 5.41) is 8.07. The number of aromatic nitrogens is 3. The molecular weight excluding hydrogens is 372 g/mol. The van der Waals surface area contributed by atoms with Crippen LogP contribution in [0.25, 0.3) is 5.69 Å². The highest BCUT2D eigenvalue weighted by Gasteiger charge is 2.43. The van der Waals surface area contributed by atoms with Gasteiger partial charge in [-0.2, -0.15) is 5.10 Å². The summed E-state index contributed by atoms with van der Waals surface area (Å²) in [5.41, 5.74) is 2.59. The Morgan fingerprint density at radius 3 is 2.39 bits per heavy atom. The number of carbonyl (C=O) groups is 1. The van der Waals surface area contributed by atoms with Crippen molar-refractivity contribution >= 4 is 17.5 Å². The topological polar surface area (TPSA) is 59.8 Å². The molecule has 0 unspecified atom stereocenters. The number of nitrogens with one attached hydrogen (secondary N) is 1. The Hall–Kier alpha value is -2.66. The van der Waals surface area contributed by atoms with Crippen molar-refractivity contribution < 1.29 is 4.79 Å². The standard InChI is InChI=1S/C22H23ClN4O/c1-16(17-4-10-20(11-5-17)27-15-24-14-25-27)26-21(28)22(12-2-3-13-22)18-6-8-19(23)9-7-18/h4-11,14-16H,2-3,12-13H2,1H3,(H,26,28)/t16-/m1/s1. The number of benzene rings is 2. The summed E-state index contributed by atoms with van der Waals surface area (Å²) < 4.78 is 1.71. The van der Waals surface area contributed by atoms with Crippen molar-refractivity contribution in [2.45, 2.75) is 44.1 Å². The average Bonchev–Trinajstić information content (AvgIpc) is 3.41. The van der Waals surface area contributed by atoms with Crippen molar-refractivity contribution in [3.05, 3.63) is 77.3 Å². The summed E-state index contributed by atoms with van der Waals surface area (Å²) in [6.45, 7) is 2.02. The minimum atomic E-state index is -0.459. The summed E-state index contributed by atoms with van der Waals surface area (Å²) >= 11 is 6.05. The lowest BCUT2D eigenvalue weighted by atomic mass is 9.77. The molecule has 3 aromatic rings. The van der Waals surface area contributed by atoms with Gasteiger partial charge in [-0.15, -0.1) is 0 Å². The van der Waals surface area contributed by atoms with Crippen LogP contribution in [-0.4, -0.2) is 20.7 Å². The fourth-order valence-corrected chi connectivity index (χ4v) is 4.20. The Bertz CT molecular complexity index is 930. The van der Waals surface area contributed by atoms with Gasteiger partial charge >= 0.3 is 0 Å². The third-order valence-electron chi connectivity index (χ3n) is 5.71. The first-order valence-corrected chi connectivity index (χ1v) is 9.98. The number of amides is 1. The van der Waals surface area contributed by atoms with Gasteiger partial charge in [0.2, 0.25) is 5.91 Å². The molecule has 1 atom stereocenters. The Morgan fingerprint density at radius 1 is 1.11 bits per heavy atom. The highest BCUT2D eigenvalue weighted by atomic mass is 35.5. The third-order valence-corrected chi connectivity index (χ3v) is 5.96. The van der Waals surface area contributed by atoms with Crippen molar-refractivity contribution in [3.63, 3.8) is 0 Å². The lowest BCUT2D eigenvalue weighted by Crippen LogP contribution is -2.43. The number of halogens is 1. The van der Waals surface area contributed by atoms with Gasteiger partial charge in [-0.05, 0) is 55.2 Å². The molecule has 2 aromatic carbocycles. The molecular formula is C22H23ClN4O. The van der Waals surface area contributed by atoms with Gasteiger partial charge in [0.15, 0.2) is 0 Å². The zero-order chi connectivity index (χ0) is 19.6. The summed E-state index contributed by atoms with van der Waals surface area (Å²) in [4.78, 5) is 17.3. The fraction of sp³-hybridized carbons (Fsp3) is 0.318. The van der Waals surface area contributed by atoms with Crippen molar-refractivity contribution in [1.82, 2.24) is 20.1 Å². The molecule has 0 saturated heterocycles. The van der Waals surface area contributed by atoms with Gasteiger partial charge in [0, 0.05) is 5.02 Å². The predicted molar refractivity (Wildman–Crippen MR) is 110 cm³/mol. The lowest BCUT2D eigenvalue weighted by Gasteiger charge is -2.30. The number of hydrogen-bond donors (Lipinski definition) is 1. The molecule has 1 aromatic heterocycles. The average molecular weight is 395 g/mol. The number of nitrogens with zero attached hydrogens (tertiary/aromatic N) is 3. The largest absolute Gasteiger partial charge is 0.349 e. The zero-order valence-electron chi connectivity index (χ0n) is 15.8. The predicted octanol–water partition coefficient (Wildman–Crippen LogP) is 4.61. The molecule has 1 N–H and O–H groups in total. The van der Waals surface area contributed by atoms with Crippen LogP contribution in [0, 0.1) is 0 Å². The molecule has 1 heterocycles. The molecule has 1 amide bonds. The van der Waals surface area contributed by atoms with E-state index in [9.17, 15) is 4.79 Å². The molecule has 0 spiro atoms. The maximum Gasteiger partial charge on any atom is 0.231 e. The quantitative estimate of drug-likeness (QED) is 0.687. The first-order valence-electron chi connectivity index (χ1n) is 9.60. The van der Waals surface area contributed by atoms with Crippen LogP contribution in [0.4, 0.5) is 0 Å². The van der Waals surface area contributed by atoms with E-state index in [4.69, 9.17) is 11.6 Å². The smallest absolute Gasteiger partial charge is 0.231 e. The second kappa shape index (κ2) is 7.76. The zero-order valence-corrected chi connectivity index (χ0v) is 16.6. The van der Waals surface area contributed by atoms with Crippen LogP contribution in [-0.2, 0) is 10.2 Å². The lowest BCUT2D eigenvalue weighted by molar-refractivity contribution is -0.127. The van der Waals surface area contributed by atoms with Gasteiger partial charge in [0.05, 0.1) is 17.1 Å². The summed E-state index contributed by atoms with van der Waals surface area (Å²) in [6, 6.07) is 15.6. The van der Waals surface area contributed by atoms with Gasteiger partial charge in [0.1, 0.15) is 12.7 Å². The minimum Gasteiger partial charge on any atom is -0.349 e. The van der Waals surface area contributed by atoms with E-state index in [1.807, 2.05) is 55.5 Å². The van der Waals surface area contributed by atoms with Gasteiger partial charge < -0.3 is 5.32 Å². The van der Waals surface area contributed by atoms with E-state index in [1.54, 1.807) is 11.0 Å². The van der Waals surface area contributed by atoms with Crippen molar-refractivity contribution in [2.24, 2.45) is 0 Å². The fourth-order valence-electron chi connectivity index (χ4n) is 4.07. The highest BCUT2D eigenvalue weighted by Crippen LogP contribution is 2.42. The van der Waals surface area contributed by atoms with Crippen LogP contribution < -0.4 is 5.32 Å². The molecule has 5 nitrogen and oxygen atoms in total. The van der Waals surface area contributed by atoms with Crippen LogP contribution in [0.3, 0.4) is 0 Å². The maximum atomic E-state index is 13.3. The molecule has 1 saturated carbocycles. The number of carbonyl (C=O) groups excluding carboxylic acids is 1. The van der Waals surface area contributed by atoms with Crippen molar-refractivity contribution in [2.75, 3.05) is 0 Å². The number of hydrogen-bond acceptors (Lipinski definition) is 3. The molecule has 1 fully saturated rings. The van der Waals surface area contributed by atoms with Crippen molar-refractivity contribution in [1.29, 1.82) is 0 Å². The Labute approximate surface area is 169 Å². The monoisotopic (exact) mass is 394 g/mol. The normalized spacial score (nSPS) is 16.6. The van der Waals surface area contributed by atoms with Gasteiger partial charge in [0.25, 0.3) is 0 Å². The molecule has 6 heteroatoms. The maximum absolute atomic E-state index is 13.3. The molecule has 1 aliphatic carbocycles. The van der Waals surface area contributed by atoms with Crippen LogP contribution >= 0.6 is 11.6 Å². The molecule has 1 aliphatic rings. The van der Waals surface area contributed by atoms with E-state index in [-0.39, 0.29) is 11.9 Å². The second-order valence-electron chi connectivity index (χ2n) is 7.42. The minimum absolute atomic E-state index is 0.0814. The van der Waals surface area contributed by atoms with Crippen LogP contribution in [0.5, 0.6) is 0 Å². The van der Waals surface area contributed by atoms with Crippen LogP contribution in [0.2, 0.25) is 5.02 Å². The van der Waals surface area contributed by atoms with Gasteiger partial charge in [-0.3, -0.25) is 4.79 Å². The molecule has 0 bridgehead atoms. The first kappa shape index (κ1) is 18.7. The third kappa shape index (κ3) is 3.54. The SMILES string of the molecule is C[C@@H](NC(=O)C1(c2ccc(Cl)cc2)CCCC1)c1ccc(-n2cncn2)cc1. The molecule has 0 aliphatic heterocycles. The van der Waals surface area contributed by atoms with Gasteiger partial charge in [-0.1, -0.05) is 48.7 Å². The van der Waals surface area contributed by atoms with Crippen LogP contribution in [0.15, 0.2) is 61.2 Å². The van der Waals surface area contributed by atoms with Gasteiger partial charge in [-0.25, -0.2) is 9.67 Å². The molecule has 28 heavy (non-hydrogen) atoms. The first-order chi connectivity index (χ1) is 13.6. The second-order valence-corrected chi connectivity index (χ2v) is 7.86. The molecule has 144 valence electrons. The van der Waals surface area contributed by atoms with E-state index in [1.165, 1.54) is 6.33 Å². The van der Waals surface area contributed by atoms with E-state index in [2.05, 4.69) is 15.4 Å². The van der Waals surface area contributed by atoms with E-state index >= 15 is 0 Å². The number of rotatable bonds is 5. The summed E-state index contributed by atoms with van der Waals surface area (Å²) in [6.07, 6.45) is 7.05. The highest BCUT2D eigenvalue weighted by molar-refractivity contribution is 6.30. The Morgan fingerprint density at radius 2 is 1.79 bits per heavy atom.